The molecule has 0 bridgehead atoms. The lowest BCUT2D eigenvalue weighted by atomic mass is 10.2. The van der Waals surface area contributed by atoms with Gasteiger partial charge in [-0.05, 0) is 0 Å². The minimum atomic E-state index is -2.40. The first kappa shape index (κ1) is 15.0. The van der Waals surface area contributed by atoms with E-state index in [2.05, 4.69) is 9.47 Å². The zero-order valence-corrected chi connectivity index (χ0v) is 10.4. The molecule has 6 N–H and O–H groups in total. The van der Waals surface area contributed by atoms with E-state index in [4.69, 9.17) is 14.2 Å². The van der Waals surface area contributed by atoms with Crippen molar-refractivity contribution in [2.45, 2.75) is 24.2 Å². The fraction of sp³-hybridized carbons (Fsp3) is 0.800. The highest BCUT2D eigenvalue weighted by Crippen LogP contribution is 2.01. The van der Waals surface area contributed by atoms with Crippen LogP contribution in [0, 0.1) is 0 Å². The highest BCUT2D eigenvalue weighted by molar-refractivity contribution is 5.85. The fourth-order valence-corrected chi connectivity index (χ4v) is 0.833. The van der Waals surface area contributed by atoms with Gasteiger partial charge in [-0.15, -0.1) is 0 Å². The normalized spacial score (nSPS) is 21.5. The molecule has 4 atom stereocenters. The van der Waals surface area contributed by atoms with E-state index >= 15 is 0 Å². The third-order valence-corrected chi connectivity index (χ3v) is 1.92. The van der Waals surface area contributed by atoms with Gasteiger partial charge in [0, 0.05) is 0 Å². The van der Waals surface area contributed by atoms with Gasteiger partial charge in [0.1, 0.15) is 26.6 Å². The molecule has 8 nitrogen and oxygen atoms in total. The maximum Gasteiger partial charge on any atom is 0.338 e. The second-order valence-electron chi connectivity index (χ2n) is 3.69. The number of aliphatic hydroxyl groups is 2. The van der Waals surface area contributed by atoms with Crippen LogP contribution in [0.3, 0.4) is 0 Å². The first-order valence-electron chi connectivity index (χ1n) is 6.35. The van der Waals surface area contributed by atoms with Gasteiger partial charge in [0.05, 0.1) is 14.8 Å². The number of esters is 2. The number of carbonyl (C=O) groups excluding carboxylic acids is 2. The van der Waals surface area contributed by atoms with E-state index < -0.39 is 62.7 Å². The Balaban J connectivity index is 4.43. The smallest absolute Gasteiger partial charge is 0.338 e. The van der Waals surface area contributed by atoms with Crippen LogP contribution in [0.5, 0.6) is 0 Å². The Morgan fingerprint density at radius 3 is 1.55 bits per heavy atom. The van der Waals surface area contributed by atoms with E-state index in [0.717, 1.165) is 0 Å². The zero-order valence-electron chi connectivity index (χ0n) is 12.4. The molecule has 0 amide bonds. The van der Waals surface area contributed by atoms with E-state index in [9.17, 15) is 28.6 Å². The molecule has 0 rings (SSSR count). The molecule has 10 heteroatoms. The topological polar surface area (TPSA) is 145 Å². The van der Waals surface area contributed by atoms with Crippen molar-refractivity contribution in [3.63, 3.8) is 0 Å². The number of alkyl halides is 2. The molecule has 4 unspecified atom stereocenters. The van der Waals surface area contributed by atoms with Crippen LogP contribution in [-0.4, -0.2) is 73.0 Å². The van der Waals surface area contributed by atoms with Crippen molar-refractivity contribution in [2.24, 2.45) is 11.5 Å². The molecule has 0 aromatic heterocycles. The summed E-state index contributed by atoms with van der Waals surface area (Å²) >= 11 is 0. The lowest BCUT2D eigenvalue weighted by molar-refractivity contribution is -0.173. The van der Waals surface area contributed by atoms with Crippen LogP contribution < -0.4 is 11.5 Å². The van der Waals surface area contributed by atoms with E-state index in [1.165, 1.54) is 0 Å². The molecule has 0 aliphatic carbocycles. The van der Waals surface area contributed by atoms with Gasteiger partial charge in [-0.3, -0.25) is 0 Å². The summed E-state index contributed by atoms with van der Waals surface area (Å²) in [5.41, 5.74) is 10.0. The van der Waals surface area contributed by atoms with Crippen LogP contribution in [0.1, 0.15) is 2.74 Å². The maximum atomic E-state index is 12.2. The Hall–Kier alpha value is -1.36. The number of hydrogen-bond acceptors (Lipinski definition) is 8. The van der Waals surface area contributed by atoms with Gasteiger partial charge in [-0.2, -0.15) is 0 Å². The van der Waals surface area contributed by atoms with E-state index in [1.807, 2.05) is 0 Å². The lowest BCUT2D eigenvalue weighted by Crippen LogP contribution is -2.44. The third-order valence-electron chi connectivity index (χ3n) is 1.92. The monoisotopic (exact) mass is 302 g/mol. The molecule has 118 valence electrons. The SMILES string of the molecule is [2H]C(N)(CF)COC(=O)C(O)C(O)C(=O)OCC([2H])(N)CF. The summed E-state index contributed by atoms with van der Waals surface area (Å²) in [6.45, 7) is -4.54. The van der Waals surface area contributed by atoms with Gasteiger partial charge in [0.2, 0.25) is 0 Å². The molecular weight excluding hydrogens is 282 g/mol. The summed E-state index contributed by atoms with van der Waals surface area (Å²) in [5, 5.41) is 18.7. The Kier molecular flexibility index (Phi) is 7.16. The highest BCUT2D eigenvalue weighted by atomic mass is 19.1. The second kappa shape index (κ2) is 9.53. The predicted octanol–water partition coefficient (Wildman–Crippen LogP) is -2.61. The van der Waals surface area contributed by atoms with Gasteiger partial charge in [0.25, 0.3) is 0 Å². The number of carbonyl (C=O) groups is 2. The summed E-state index contributed by atoms with van der Waals surface area (Å²) in [6, 6.07) is -4.46. The summed E-state index contributed by atoms with van der Waals surface area (Å²) < 4.78 is 47.1. The van der Waals surface area contributed by atoms with Gasteiger partial charge < -0.3 is 31.2 Å². The van der Waals surface area contributed by atoms with Crippen molar-refractivity contribution in [1.82, 2.24) is 0 Å². The van der Waals surface area contributed by atoms with Crippen molar-refractivity contribution in [3.8, 4) is 0 Å². The quantitative estimate of drug-likeness (QED) is 0.339. The van der Waals surface area contributed by atoms with Crippen LogP contribution in [0.15, 0.2) is 0 Å². The standard InChI is InChI=1S/C10H18F2N2O6/c11-1-5(13)3-19-9(17)7(15)8(16)10(18)20-4-6(14)2-12/h5-8,15-16H,1-4,13-14H2/i5D,6D. The average molecular weight is 302 g/mol. The minimum absolute atomic E-state index is 0.929. The van der Waals surface area contributed by atoms with Crippen molar-refractivity contribution >= 4 is 11.9 Å². The molecular formula is C10H18F2N2O6. The summed E-state index contributed by atoms with van der Waals surface area (Å²) in [7, 11) is 0. The van der Waals surface area contributed by atoms with E-state index in [1.54, 1.807) is 0 Å². The molecule has 0 saturated carbocycles. The van der Waals surface area contributed by atoms with Gasteiger partial charge in [-0.25, -0.2) is 18.4 Å². The number of rotatable bonds is 9. The minimum Gasteiger partial charge on any atom is -0.462 e. The van der Waals surface area contributed by atoms with E-state index in [-0.39, 0.29) is 0 Å². The van der Waals surface area contributed by atoms with Gasteiger partial charge in [-0.1, -0.05) is 0 Å². The predicted molar refractivity (Wildman–Crippen MR) is 61.8 cm³/mol. The number of halogens is 2. The summed E-state index contributed by atoms with van der Waals surface area (Å²) in [6.07, 6.45) is -4.79. The molecule has 20 heavy (non-hydrogen) atoms. The van der Waals surface area contributed by atoms with Crippen molar-refractivity contribution in [2.75, 3.05) is 26.6 Å². The van der Waals surface area contributed by atoms with Crippen LogP contribution >= 0.6 is 0 Å². The highest BCUT2D eigenvalue weighted by Gasteiger charge is 2.33. The number of aliphatic hydroxyl groups excluding tert-OH is 2. The van der Waals surface area contributed by atoms with Crippen molar-refractivity contribution < 1.29 is 40.8 Å². The zero-order chi connectivity index (χ0) is 17.6. The van der Waals surface area contributed by atoms with Gasteiger partial charge in [0.15, 0.2) is 12.2 Å². The molecule has 0 radical (unpaired) electrons. The Labute approximate surface area is 116 Å². The third kappa shape index (κ3) is 6.70. The second-order valence-corrected chi connectivity index (χ2v) is 3.69. The first-order valence-corrected chi connectivity index (χ1v) is 5.35. The molecule has 0 aromatic carbocycles. The summed E-state index contributed by atoms with van der Waals surface area (Å²) in [5.74, 6) is -3.09. The maximum absolute atomic E-state index is 12.2. The molecule has 0 saturated heterocycles. The largest absolute Gasteiger partial charge is 0.462 e. The molecule has 0 aliphatic heterocycles. The van der Waals surface area contributed by atoms with Crippen molar-refractivity contribution in [1.29, 1.82) is 0 Å². The number of hydrogen-bond donors (Lipinski definition) is 4. The van der Waals surface area contributed by atoms with Gasteiger partial charge >= 0.3 is 11.9 Å². The Morgan fingerprint density at radius 2 is 1.30 bits per heavy atom. The molecule has 0 aromatic rings. The Morgan fingerprint density at radius 1 is 1.00 bits per heavy atom. The lowest BCUT2D eigenvalue weighted by Gasteiger charge is -2.17. The first-order chi connectivity index (χ1) is 9.95. The number of ether oxygens (including phenoxy) is 2. The van der Waals surface area contributed by atoms with Crippen molar-refractivity contribution in [3.05, 3.63) is 0 Å². The average Bonchev–Trinajstić information content (AvgIpc) is 2.48. The van der Waals surface area contributed by atoms with Crippen LogP contribution in [0.4, 0.5) is 8.78 Å². The number of nitrogens with two attached hydrogens (primary N) is 2. The van der Waals surface area contributed by atoms with Crippen LogP contribution in [0.2, 0.25) is 0 Å². The molecule has 0 heterocycles. The fourth-order valence-electron chi connectivity index (χ4n) is 0.833. The van der Waals surface area contributed by atoms with Crippen LogP contribution in [0.25, 0.3) is 0 Å². The van der Waals surface area contributed by atoms with Crippen LogP contribution in [-0.2, 0) is 19.1 Å². The molecule has 0 fully saturated rings. The molecule has 0 spiro atoms. The van der Waals surface area contributed by atoms with E-state index in [0.29, 0.717) is 0 Å². The Bertz CT molecular complexity index is 364. The summed E-state index contributed by atoms with van der Waals surface area (Å²) in [4.78, 5) is 22.6. The molecule has 0 aliphatic rings.